The van der Waals surface area contributed by atoms with Crippen molar-refractivity contribution in [1.29, 1.82) is 0 Å². The van der Waals surface area contributed by atoms with Crippen molar-refractivity contribution in [3.05, 3.63) is 29.8 Å². The maximum Gasteiger partial charge on any atom is 0.310 e. The van der Waals surface area contributed by atoms with E-state index in [0.717, 1.165) is 0 Å². The minimum absolute atomic E-state index is 0.0558. The van der Waals surface area contributed by atoms with Gasteiger partial charge in [0.15, 0.2) is 9.84 Å². The Morgan fingerprint density at radius 1 is 1.33 bits per heavy atom. The number of aliphatic carboxylic acids is 1. The summed E-state index contributed by atoms with van der Waals surface area (Å²) < 4.78 is 27.4. The third-order valence-corrected chi connectivity index (χ3v) is 4.69. The summed E-state index contributed by atoms with van der Waals surface area (Å²) in [4.78, 5) is 10.8. The molecule has 0 bridgehead atoms. The van der Waals surface area contributed by atoms with Crippen LogP contribution >= 0.6 is 0 Å². The highest BCUT2D eigenvalue weighted by atomic mass is 32.2. The topological polar surface area (TPSA) is 80.7 Å². The van der Waals surface area contributed by atoms with Gasteiger partial charge in [-0.2, -0.15) is 0 Å². The molecule has 0 amide bonds. The average Bonchev–Trinajstić information content (AvgIpc) is 2.26. The van der Waals surface area contributed by atoms with E-state index in [1.807, 2.05) is 0 Å². The second-order valence-electron chi connectivity index (χ2n) is 4.45. The van der Waals surface area contributed by atoms with Crippen LogP contribution in [-0.2, 0) is 14.6 Å². The summed E-state index contributed by atoms with van der Waals surface area (Å²) in [6.45, 7) is 1.61. The molecule has 0 spiro atoms. The lowest BCUT2D eigenvalue weighted by Crippen LogP contribution is -2.45. The maximum absolute atomic E-state index is 11.0. The van der Waals surface area contributed by atoms with Gasteiger partial charge in [0.25, 0.3) is 0 Å². The van der Waals surface area contributed by atoms with Gasteiger partial charge in [-0.15, -0.1) is 0 Å². The first-order valence-electron chi connectivity index (χ1n) is 5.57. The number of rotatable bonds is 4. The van der Waals surface area contributed by atoms with E-state index in [4.69, 9.17) is 9.84 Å². The Hall–Kier alpha value is -1.56. The largest absolute Gasteiger partial charge is 0.488 e. The van der Waals surface area contributed by atoms with Gasteiger partial charge in [-0.1, -0.05) is 12.1 Å². The lowest BCUT2D eigenvalue weighted by Gasteiger charge is -2.26. The molecule has 1 fully saturated rings. The second kappa shape index (κ2) is 4.61. The molecular formula is C12H14O5S. The van der Waals surface area contributed by atoms with Crippen molar-refractivity contribution < 1.29 is 23.1 Å². The summed E-state index contributed by atoms with van der Waals surface area (Å²) in [6, 6.07) is 6.70. The fraction of sp³-hybridized carbons (Fsp3) is 0.417. The van der Waals surface area contributed by atoms with E-state index in [2.05, 4.69) is 0 Å². The molecule has 2 rings (SSSR count). The lowest BCUT2D eigenvalue weighted by molar-refractivity contribution is -0.138. The van der Waals surface area contributed by atoms with E-state index < -0.39 is 21.7 Å². The van der Waals surface area contributed by atoms with Crippen LogP contribution in [0.3, 0.4) is 0 Å². The molecule has 1 atom stereocenters. The molecule has 0 saturated carbocycles. The Kier molecular flexibility index (Phi) is 3.30. The molecule has 0 radical (unpaired) electrons. The standard InChI is InChI=1S/C12H14O5S/c1-8(12(13)14)9-2-4-10(5-3-9)17-11-6-18(15,16)7-11/h2-5,8,11H,6-7H2,1H3,(H,13,14). The molecule has 1 unspecified atom stereocenters. The van der Waals surface area contributed by atoms with E-state index in [-0.39, 0.29) is 17.6 Å². The Balaban J connectivity index is 1.98. The molecule has 1 heterocycles. The number of carbonyl (C=O) groups is 1. The summed E-state index contributed by atoms with van der Waals surface area (Å²) in [5.74, 6) is -0.770. The van der Waals surface area contributed by atoms with Crippen molar-refractivity contribution >= 4 is 15.8 Å². The average molecular weight is 270 g/mol. The van der Waals surface area contributed by atoms with E-state index >= 15 is 0 Å². The first-order valence-corrected chi connectivity index (χ1v) is 7.39. The van der Waals surface area contributed by atoms with Gasteiger partial charge in [-0.25, -0.2) is 8.42 Å². The van der Waals surface area contributed by atoms with Gasteiger partial charge in [0, 0.05) is 0 Å². The summed E-state index contributed by atoms with van der Waals surface area (Å²) in [6.07, 6.45) is -0.280. The van der Waals surface area contributed by atoms with Crippen LogP contribution < -0.4 is 4.74 Å². The zero-order chi connectivity index (χ0) is 13.3. The van der Waals surface area contributed by atoms with Crippen molar-refractivity contribution in [2.45, 2.75) is 18.9 Å². The minimum atomic E-state index is -2.89. The van der Waals surface area contributed by atoms with Crippen molar-refractivity contribution in [2.24, 2.45) is 0 Å². The monoisotopic (exact) mass is 270 g/mol. The van der Waals surface area contributed by atoms with Gasteiger partial charge in [-0.05, 0) is 24.6 Å². The van der Waals surface area contributed by atoms with Crippen LogP contribution in [0.4, 0.5) is 0 Å². The predicted octanol–water partition coefficient (Wildman–Crippen LogP) is 1.05. The zero-order valence-electron chi connectivity index (χ0n) is 9.87. The summed E-state index contributed by atoms with van der Waals surface area (Å²) in [7, 11) is -2.89. The van der Waals surface area contributed by atoms with Crippen LogP contribution in [0.5, 0.6) is 5.75 Å². The SMILES string of the molecule is CC(C(=O)O)c1ccc(OC2CS(=O)(=O)C2)cc1. The number of benzene rings is 1. The Labute approximate surface area is 105 Å². The molecule has 1 saturated heterocycles. The summed E-state index contributed by atoms with van der Waals surface area (Å²) in [5.41, 5.74) is 0.691. The molecular weight excluding hydrogens is 256 g/mol. The van der Waals surface area contributed by atoms with Crippen LogP contribution in [0.2, 0.25) is 0 Å². The van der Waals surface area contributed by atoms with Gasteiger partial charge in [0.05, 0.1) is 17.4 Å². The number of sulfone groups is 1. The highest BCUT2D eigenvalue weighted by molar-refractivity contribution is 7.92. The molecule has 1 aromatic rings. The zero-order valence-corrected chi connectivity index (χ0v) is 10.7. The van der Waals surface area contributed by atoms with E-state index in [0.29, 0.717) is 11.3 Å². The number of hydrogen-bond donors (Lipinski definition) is 1. The number of carboxylic acids is 1. The van der Waals surface area contributed by atoms with Crippen molar-refractivity contribution in [3.8, 4) is 5.75 Å². The smallest absolute Gasteiger partial charge is 0.310 e. The van der Waals surface area contributed by atoms with Crippen LogP contribution in [0.15, 0.2) is 24.3 Å². The number of hydrogen-bond acceptors (Lipinski definition) is 4. The molecule has 0 aromatic heterocycles. The molecule has 1 aromatic carbocycles. The Morgan fingerprint density at radius 3 is 2.33 bits per heavy atom. The third kappa shape index (κ3) is 2.81. The number of ether oxygens (including phenoxy) is 1. The second-order valence-corrected chi connectivity index (χ2v) is 6.60. The van der Waals surface area contributed by atoms with E-state index in [1.54, 1.807) is 31.2 Å². The molecule has 6 heteroatoms. The lowest BCUT2D eigenvalue weighted by atomic mass is 10.0. The van der Waals surface area contributed by atoms with Crippen LogP contribution in [0, 0.1) is 0 Å². The first-order chi connectivity index (χ1) is 8.37. The van der Waals surface area contributed by atoms with Crippen LogP contribution in [0.25, 0.3) is 0 Å². The quantitative estimate of drug-likeness (QED) is 0.884. The van der Waals surface area contributed by atoms with Gasteiger partial charge < -0.3 is 9.84 Å². The summed E-state index contributed by atoms with van der Waals surface area (Å²) >= 11 is 0. The maximum atomic E-state index is 11.0. The molecule has 98 valence electrons. The fourth-order valence-electron chi connectivity index (χ4n) is 1.76. The molecule has 5 nitrogen and oxygen atoms in total. The Morgan fingerprint density at radius 2 is 1.89 bits per heavy atom. The van der Waals surface area contributed by atoms with Crippen LogP contribution in [-0.4, -0.2) is 37.1 Å². The van der Waals surface area contributed by atoms with Crippen molar-refractivity contribution in [3.63, 3.8) is 0 Å². The first kappa shape index (κ1) is 12.9. The highest BCUT2D eigenvalue weighted by Crippen LogP contribution is 2.23. The van der Waals surface area contributed by atoms with Gasteiger partial charge >= 0.3 is 5.97 Å². The van der Waals surface area contributed by atoms with Gasteiger partial charge in [0.1, 0.15) is 11.9 Å². The fourth-order valence-corrected chi connectivity index (χ4v) is 2.93. The van der Waals surface area contributed by atoms with E-state index in [9.17, 15) is 13.2 Å². The summed E-state index contributed by atoms with van der Waals surface area (Å²) in [5, 5.41) is 8.86. The van der Waals surface area contributed by atoms with Gasteiger partial charge in [-0.3, -0.25) is 4.79 Å². The van der Waals surface area contributed by atoms with Crippen molar-refractivity contribution in [1.82, 2.24) is 0 Å². The molecule has 1 aliphatic heterocycles. The Bertz CT molecular complexity index is 534. The van der Waals surface area contributed by atoms with Gasteiger partial charge in [0.2, 0.25) is 0 Å². The minimum Gasteiger partial charge on any atom is -0.488 e. The highest BCUT2D eigenvalue weighted by Gasteiger charge is 2.35. The molecule has 18 heavy (non-hydrogen) atoms. The van der Waals surface area contributed by atoms with Crippen LogP contribution in [0.1, 0.15) is 18.4 Å². The van der Waals surface area contributed by atoms with E-state index in [1.165, 1.54) is 0 Å². The van der Waals surface area contributed by atoms with Crippen molar-refractivity contribution in [2.75, 3.05) is 11.5 Å². The number of carboxylic acid groups (broad SMARTS) is 1. The molecule has 1 N–H and O–H groups in total. The molecule has 0 aliphatic carbocycles. The third-order valence-electron chi connectivity index (χ3n) is 2.93. The predicted molar refractivity (Wildman–Crippen MR) is 65.6 cm³/mol. The molecule has 1 aliphatic rings. The normalized spacial score (nSPS) is 19.8.